The van der Waals surface area contributed by atoms with Crippen molar-refractivity contribution in [3.05, 3.63) is 58.7 Å². The molecule has 1 heterocycles. The van der Waals surface area contributed by atoms with Crippen LogP contribution in [-0.2, 0) is 11.2 Å². The van der Waals surface area contributed by atoms with Gasteiger partial charge >= 0.3 is 0 Å². The number of aryl methyl sites for hydroxylation is 3. The van der Waals surface area contributed by atoms with Crippen molar-refractivity contribution >= 4 is 32.6 Å². The second-order valence-corrected chi connectivity index (χ2v) is 6.63. The first-order valence-corrected chi connectivity index (χ1v) is 8.07. The minimum Gasteiger partial charge on any atom is -0.302 e. The number of amides is 1. The minimum absolute atomic E-state index is 0.0244. The quantitative estimate of drug-likeness (QED) is 0.779. The van der Waals surface area contributed by atoms with Gasteiger partial charge < -0.3 is 5.32 Å². The number of hydrogen-bond acceptors (Lipinski definition) is 3. The molecule has 0 atom stereocenters. The molecule has 0 bridgehead atoms. The highest BCUT2D eigenvalue weighted by Crippen LogP contribution is 2.28. The van der Waals surface area contributed by atoms with E-state index in [0.29, 0.717) is 11.6 Å². The third kappa shape index (κ3) is 3.02. The fourth-order valence-corrected chi connectivity index (χ4v) is 3.48. The molecule has 0 aliphatic heterocycles. The molecule has 1 amide bonds. The maximum Gasteiger partial charge on any atom is 0.230 e. The Hall–Kier alpha value is -2.20. The van der Waals surface area contributed by atoms with E-state index in [1.54, 1.807) is 0 Å². The van der Waals surface area contributed by atoms with Crippen molar-refractivity contribution < 1.29 is 4.79 Å². The number of fused-ring (bicyclic) bond motifs is 1. The second-order valence-electron chi connectivity index (χ2n) is 5.60. The average Bonchev–Trinajstić information content (AvgIpc) is 2.86. The van der Waals surface area contributed by atoms with Crippen LogP contribution in [0.15, 0.2) is 36.4 Å². The largest absolute Gasteiger partial charge is 0.302 e. The van der Waals surface area contributed by atoms with Crippen LogP contribution in [0.25, 0.3) is 10.2 Å². The number of aromatic nitrogens is 1. The third-order valence-corrected chi connectivity index (χ3v) is 4.65. The SMILES string of the molecule is Cc1ccc(CC(=O)Nc2nc3c(C)cccc3s2)c(C)c1. The molecule has 0 saturated carbocycles. The van der Waals surface area contributed by atoms with Gasteiger partial charge in [0.15, 0.2) is 5.13 Å². The predicted octanol–water partition coefficient (Wildman–Crippen LogP) is 4.40. The first-order valence-electron chi connectivity index (χ1n) is 7.25. The Kier molecular flexibility index (Phi) is 3.94. The Morgan fingerprint density at radius 3 is 2.68 bits per heavy atom. The molecule has 0 fully saturated rings. The number of nitrogens with one attached hydrogen (secondary N) is 1. The van der Waals surface area contributed by atoms with Gasteiger partial charge in [0, 0.05) is 0 Å². The first-order chi connectivity index (χ1) is 10.5. The first kappa shape index (κ1) is 14.7. The fraction of sp³-hybridized carbons (Fsp3) is 0.222. The van der Waals surface area contributed by atoms with Crippen molar-refractivity contribution in [2.75, 3.05) is 5.32 Å². The van der Waals surface area contributed by atoms with E-state index in [0.717, 1.165) is 26.9 Å². The Labute approximate surface area is 134 Å². The van der Waals surface area contributed by atoms with Gasteiger partial charge in [0.25, 0.3) is 0 Å². The third-order valence-electron chi connectivity index (χ3n) is 3.72. The number of hydrogen-bond donors (Lipinski definition) is 1. The summed E-state index contributed by atoms with van der Waals surface area (Å²) in [5.41, 5.74) is 5.51. The van der Waals surface area contributed by atoms with Crippen molar-refractivity contribution in [2.45, 2.75) is 27.2 Å². The summed E-state index contributed by atoms with van der Waals surface area (Å²) in [6, 6.07) is 12.2. The number of rotatable bonds is 3. The molecule has 0 spiro atoms. The maximum absolute atomic E-state index is 12.2. The van der Waals surface area contributed by atoms with E-state index in [4.69, 9.17) is 0 Å². The second kappa shape index (κ2) is 5.89. The Bertz CT molecular complexity index is 851. The number of para-hydroxylation sites is 1. The van der Waals surface area contributed by atoms with Crippen LogP contribution >= 0.6 is 11.3 Å². The fourth-order valence-electron chi connectivity index (χ4n) is 2.52. The number of thiazole rings is 1. The smallest absolute Gasteiger partial charge is 0.230 e. The van der Waals surface area contributed by atoms with Crippen molar-refractivity contribution in [1.29, 1.82) is 0 Å². The zero-order chi connectivity index (χ0) is 15.7. The topological polar surface area (TPSA) is 42.0 Å². The van der Waals surface area contributed by atoms with E-state index in [2.05, 4.69) is 23.3 Å². The van der Waals surface area contributed by atoms with E-state index in [9.17, 15) is 4.79 Å². The average molecular weight is 310 g/mol. The lowest BCUT2D eigenvalue weighted by molar-refractivity contribution is -0.115. The lowest BCUT2D eigenvalue weighted by Crippen LogP contribution is -2.14. The monoisotopic (exact) mass is 310 g/mol. The predicted molar refractivity (Wildman–Crippen MR) is 92.6 cm³/mol. The molecule has 1 aromatic heterocycles. The minimum atomic E-state index is -0.0244. The van der Waals surface area contributed by atoms with Crippen molar-refractivity contribution in [3.63, 3.8) is 0 Å². The summed E-state index contributed by atoms with van der Waals surface area (Å²) >= 11 is 1.51. The van der Waals surface area contributed by atoms with E-state index < -0.39 is 0 Å². The van der Waals surface area contributed by atoms with Gasteiger partial charge in [-0.2, -0.15) is 0 Å². The molecular formula is C18H18N2OS. The highest BCUT2D eigenvalue weighted by Gasteiger charge is 2.10. The molecule has 3 aromatic rings. The van der Waals surface area contributed by atoms with Crippen LogP contribution in [0.4, 0.5) is 5.13 Å². The Morgan fingerprint density at radius 2 is 1.95 bits per heavy atom. The van der Waals surface area contributed by atoms with Crippen molar-refractivity contribution in [1.82, 2.24) is 4.98 Å². The number of carbonyl (C=O) groups excluding carboxylic acids is 1. The number of anilines is 1. The maximum atomic E-state index is 12.2. The normalized spacial score (nSPS) is 10.9. The molecule has 3 nitrogen and oxygen atoms in total. The van der Waals surface area contributed by atoms with Crippen LogP contribution in [-0.4, -0.2) is 10.9 Å². The summed E-state index contributed by atoms with van der Waals surface area (Å²) in [4.78, 5) is 16.8. The number of benzene rings is 2. The Morgan fingerprint density at radius 1 is 1.14 bits per heavy atom. The zero-order valence-corrected chi connectivity index (χ0v) is 13.8. The van der Waals surface area contributed by atoms with E-state index >= 15 is 0 Å². The zero-order valence-electron chi connectivity index (χ0n) is 12.9. The highest BCUT2D eigenvalue weighted by atomic mass is 32.1. The summed E-state index contributed by atoms with van der Waals surface area (Å²) in [6.45, 7) is 6.13. The number of nitrogens with zero attached hydrogens (tertiary/aromatic N) is 1. The van der Waals surface area contributed by atoms with E-state index in [1.807, 2.05) is 44.2 Å². The van der Waals surface area contributed by atoms with Crippen molar-refractivity contribution in [2.24, 2.45) is 0 Å². The van der Waals surface area contributed by atoms with Crippen LogP contribution < -0.4 is 5.32 Å². The molecule has 112 valence electrons. The van der Waals surface area contributed by atoms with Gasteiger partial charge in [0.2, 0.25) is 5.91 Å². The van der Waals surface area contributed by atoms with Gasteiger partial charge in [0.05, 0.1) is 16.6 Å². The molecule has 0 unspecified atom stereocenters. The van der Waals surface area contributed by atoms with Gasteiger partial charge in [-0.05, 0) is 43.5 Å². The van der Waals surface area contributed by atoms with Crippen molar-refractivity contribution in [3.8, 4) is 0 Å². The van der Waals surface area contributed by atoms with Crippen LogP contribution in [0.5, 0.6) is 0 Å². The molecule has 0 aliphatic rings. The Balaban J connectivity index is 1.77. The van der Waals surface area contributed by atoms with Gasteiger partial charge in [-0.25, -0.2) is 4.98 Å². The molecular weight excluding hydrogens is 292 g/mol. The summed E-state index contributed by atoms with van der Waals surface area (Å²) in [7, 11) is 0. The van der Waals surface area contributed by atoms with E-state index in [-0.39, 0.29) is 5.91 Å². The number of carbonyl (C=O) groups is 1. The van der Waals surface area contributed by atoms with Gasteiger partial charge in [-0.1, -0.05) is 47.2 Å². The molecule has 1 N–H and O–H groups in total. The van der Waals surface area contributed by atoms with E-state index in [1.165, 1.54) is 16.9 Å². The highest BCUT2D eigenvalue weighted by molar-refractivity contribution is 7.22. The lowest BCUT2D eigenvalue weighted by atomic mass is 10.0. The van der Waals surface area contributed by atoms with Gasteiger partial charge in [-0.3, -0.25) is 4.79 Å². The molecule has 4 heteroatoms. The summed E-state index contributed by atoms with van der Waals surface area (Å²) in [5.74, 6) is -0.0244. The molecule has 2 aromatic carbocycles. The summed E-state index contributed by atoms with van der Waals surface area (Å²) in [5, 5.41) is 3.58. The van der Waals surface area contributed by atoms with Gasteiger partial charge in [0.1, 0.15) is 0 Å². The standard InChI is InChI=1S/C18H18N2OS/c1-11-7-8-14(13(3)9-11)10-16(21)19-18-20-17-12(2)5-4-6-15(17)22-18/h4-9H,10H2,1-3H3,(H,19,20,21). The van der Waals surface area contributed by atoms with Crippen LogP contribution in [0.1, 0.15) is 22.3 Å². The van der Waals surface area contributed by atoms with Crippen LogP contribution in [0.2, 0.25) is 0 Å². The van der Waals surface area contributed by atoms with Crippen LogP contribution in [0.3, 0.4) is 0 Å². The summed E-state index contributed by atoms with van der Waals surface area (Å²) < 4.78 is 1.10. The van der Waals surface area contributed by atoms with Crippen LogP contribution in [0, 0.1) is 20.8 Å². The molecule has 0 saturated heterocycles. The molecule has 0 radical (unpaired) electrons. The molecule has 0 aliphatic carbocycles. The molecule has 3 rings (SSSR count). The summed E-state index contributed by atoms with van der Waals surface area (Å²) in [6.07, 6.45) is 0.376. The molecule has 22 heavy (non-hydrogen) atoms. The van der Waals surface area contributed by atoms with Gasteiger partial charge in [-0.15, -0.1) is 0 Å². The lowest BCUT2D eigenvalue weighted by Gasteiger charge is -2.06.